The lowest BCUT2D eigenvalue weighted by molar-refractivity contribution is -0.122. The fourth-order valence-corrected chi connectivity index (χ4v) is 4.64. The third-order valence-electron chi connectivity index (χ3n) is 6.44. The first kappa shape index (κ1) is 19.4. The summed E-state index contributed by atoms with van der Waals surface area (Å²) in [7, 11) is 0. The molecule has 1 aliphatic heterocycles. The first-order valence-electron chi connectivity index (χ1n) is 11.1. The van der Waals surface area contributed by atoms with E-state index < -0.39 is 0 Å². The molecule has 0 radical (unpaired) electrons. The molecule has 4 rings (SSSR count). The maximum Gasteiger partial charge on any atom is 0.228 e. The predicted molar refractivity (Wildman–Crippen MR) is 111 cm³/mol. The Hall–Kier alpha value is -1.88. The van der Waals surface area contributed by atoms with E-state index in [1.807, 2.05) is 24.3 Å². The van der Waals surface area contributed by atoms with E-state index in [1.165, 1.54) is 32.1 Å². The number of benzene rings is 1. The highest BCUT2D eigenvalue weighted by molar-refractivity contribution is 5.92. The molecule has 3 aliphatic rings. The van der Waals surface area contributed by atoms with E-state index in [9.17, 15) is 9.59 Å². The molecule has 28 heavy (non-hydrogen) atoms. The van der Waals surface area contributed by atoms with Gasteiger partial charge in [0.1, 0.15) is 0 Å². The van der Waals surface area contributed by atoms with E-state index in [4.69, 9.17) is 0 Å². The Bertz CT molecular complexity index is 678. The highest BCUT2D eigenvalue weighted by Gasteiger charge is 2.30. The van der Waals surface area contributed by atoms with Crippen LogP contribution in [0.4, 0.5) is 5.69 Å². The second kappa shape index (κ2) is 9.08. The highest BCUT2D eigenvalue weighted by atomic mass is 16.2. The topological polar surface area (TPSA) is 61.4 Å². The predicted octanol–water partition coefficient (Wildman–Crippen LogP) is 3.49. The number of likely N-dealkylation sites (tertiary alicyclic amines) is 1. The van der Waals surface area contributed by atoms with Crippen molar-refractivity contribution in [1.29, 1.82) is 0 Å². The quantitative estimate of drug-likeness (QED) is 0.790. The van der Waals surface area contributed by atoms with Crippen LogP contribution >= 0.6 is 0 Å². The lowest BCUT2D eigenvalue weighted by Crippen LogP contribution is -2.46. The summed E-state index contributed by atoms with van der Waals surface area (Å²) in [4.78, 5) is 27.3. The third kappa shape index (κ3) is 5.34. The summed E-state index contributed by atoms with van der Waals surface area (Å²) in [5, 5.41) is 6.10. The number of carbonyl (C=O) groups excluding carboxylic acids is 2. The molecular weight excluding hydrogens is 350 g/mol. The van der Waals surface area contributed by atoms with Crippen LogP contribution in [0.25, 0.3) is 0 Å². The Kier molecular flexibility index (Phi) is 6.30. The van der Waals surface area contributed by atoms with Crippen molar-refractivity contribution in [1.82, 2.24) is 10.2 Å². The summed E-state index contributed by atoms with van der Waals surface area (Å²) in [5.74, 6) is 0.309. The molecule has 0 bridgehead atoms. The van der Waals surface area contributed by atoms with Gasteiger partial charge < -0.3 is 10.6 Å². The van der Waals surface area contributed by atoms with Crippen LogP contribution in [0.15, 0.2) is 24.3 Å². The van der Waals surface area contributed by atoms with Crippen LogP contribution in [0.2, 0.25) is 0 Å². The maximum absolute atomic E-state index is 12.8. The summed E-state index contributed by atoms with van der Waals surface area (Å²) in [5.41, 5.74) is 1.81. The number of nitrogens with one attached hydrogen (secondary N) is 2. The molecule has 1 aromatic rings. The minimum absolute atomic E-state index is 0.0830. The fraction of sp³-hybridized carbons (Fsp3) is 0.652. The summed E-state index contributed by atoms with van der Waals surface area (Å²) in [6, 6.07) is 8.80. The zero-order valence-electron chi connectivity index (χ0n) is 16.8. The van der Waals surface area contributed by atoms with Crippen LogP contribution < -0.4 is 10.6 Å². The molecule has 152 valence electrons. The van der Waals surface area contributed by atoms with E-state index in [2.05, 4.69) is 15.5 Å². The Morgan fingerprint density at radius 3 is 2.39 bits per heavy atom. The van der Waals surface area contributed by atoms with Crippen LogP contribution in [0.3, 0.4) is 0 Å². The molecule has 3 fully saturated rings. The molecule has 2 saturated carbocycles. The van der Waals surface area contributed by atoms with Gasteiger partial charge in [-0.05, 0) is 62.8 Å². The molecule has 2 aliphatic carbocycles. The van der Waals surface area contributed by atoms with Gasteiger partial charge in [0.25, 0.3) is 0 Å². The summed E-state index contributed by atoms with van der Waals surface area (Å²) in [6.45, 7) is 2.04. The molecule has 5 heteroatoms. The molecule has 1 atom stereocenters. The molecule has 1 unspecified atom stereocenters. The molecular formula is C23H33N3O2. The Labute approximate surface area is 168 Å². The Balaban J connectivity index is 1.27. The van der Waals surface area contributed by atoms with Crippen LogP contribution in [0.5, 0.6) is 0 Å². The number of piperidine rings is 1. The van der Waals surface area contributed by atoms with Gasteiger partial charge >= 0.3 is 0 Å². The van der Waals surface area contributed by atoms with E-state index in [1.54, 1.807) is 0 Å². The molecule has 0 aromatic heterocycles. The highest BCUT2D eigenvalue weighted by Crippen LogP contribution is 2.27. The summed E-state index contributed by atoms with van der Waals surface area (Å²) >= 11 is 0. The van der Waals surface area contributed by atoms with Crippen molar-refractivity contribution < 1.29 is 9.59 Å². The van der Waals surface area contributed by atoms with E-state index in [0.717, 1.165) is 50.0 Å². The number of nitrogens with zero attached hydrogens (tertiary/aromatic N) is 1. The lowest BCUT2D eigenvalue weighted by Gasteiger charge is -2.39. The van der Waals surface area contributed by atoms with Crippen LogP contribution in [-0.2, 0) is 16.0 Å². The minimum atomic E-state index is 0.0830. The monoisotopic (exact) mass is 383 g/mol. The van der Waals surface area contributed by atoms with Crippen LogP contribution in [0.1, 0.15) is 63.4 Å². The van der Waals surface area contributed by atoms with Gasteiger partial charge in [-0.25, -0.2) is 0 Å². The first-order valence-corrected chi connectivity index (χ1v) is 11.1. The van der Waals surface area contributed by atoms with Crippen LogP contribution in [-0.4, -0.2) is 41.9 Å². The standard InChI is InChI=1S/C23H33N3O2/c27-22(24-19-12-13-19)15-17-8-10-20(11-9-17)25-23(28)18-5-4-14-26(16-18)21-6-2-1-3-7-21/h8-11,18-19,21H,1-7,12-16H2,(H,24,27)(H,25,28). The second-order valence-electron chi connectivity index (χ2n) is 8.83. The van der Waals surface area contributed by atoms with Crippen LogP contribution in [0, 0.1) is 5.92 Å². The molecule has 2 amide bonds. The molecule has 1 heterocycles. The van der Waals surface area contributed by atoms with Gasteiger partial charge in [0, 0.05) is 24.3 Å². The van der Waals surface area contributed by atoms with Crippen molar-refractivity contribution in [3.63, 3.8) is 0 Å². The van der Waals surface area contributed by atoms with Crippen molar-refractivity contribution in [2.75, 3.05) is 18.4 Å². The lowest BCUT2D eigenvalue weighted by atomic mass is 9.90. The average Bonchev–Trinajstić information content (AvgIpc) is 3.54. The van der Waals surface area contributed by atoms with E-state index >= 15 is 0 Å². The molecule has 0 spiro atoms. The molecule has 2 N–H and O–H groups in total. The fourth-order valence-electron chi connectivity index (χ4n) is 4.64. The van der Waals surface area contributed by atoms with Gasteiger partial charge in [-0.2, -0.15) is 0 Å². The normalized spacial score (nSPS) is 23.9. The summed E-state index contributed by atoms with van der Waals surface area (Å²) in [6.07, 6.45) is 11.3. The number of carbonyl (C=O) groups is 2. The van der Waals surface area contributed by atoms with Gasteiger partial charge in [0.2, 0.25) is 11.8 Å². The van der Waals surface area contributed by atoms with Crippen molar-refractivity contribution in [3.8, 4) is 0 Å². The SMILES string of the molecule is O=C(Cc1ccc(NC(=O)C2CCCN(C3CCCCC3)C2)cc1)NC1CC1. The zero-order chi connectivity index (χ0) is 19.3. The number of rotatable bonds is 6. The molecule has 1 aromatic carbocycles. The van der Waals surface area contributed by atoms with Crippen molar-refractivity contribution >= 4 is 17.5 Å². The third-order valence-corrected chi connectivity index (χ3v) is 6.44. The van der Waals surface area contributed by atoms with E-state index in [-0.39, 0.29) is 17.7 Å². The van der Waals surface area contributed by atoms with Crippen molar-refractivity contribution in [2.45, 2.75) is 76.3 Å². The van der Waals surface area contributed by atoms with Gasteiger partial charge in [-0.3, -0.25) is 14.5 Å². The van der Waals surface area contributed by atoms with Gasteiger partial charge in [0.05, 0.1) is 12.3 Å². The van der Waals surface area contributed by atoms with Gasteiger partial charge in [-0.1, -0.05) is 31.4 Å². The number of anilines is 1. The van der Waals surface area contributed by atoms with Gasteiger partial charge in [0.15, 0.2) is 0 Å². The largest absolute Gasteiger partial charge is 0.353 e. The number of hydrogen-bond donors (Lipinski definition) is 2. The first-order chi connectivity index (χ1) is 13.7. The Morgan fingerprint density at radius 2 is 1.68 bits per heavy atom. The van der Waals surface area contributed by atoms with Crippen molar-refractivity contribution in [2.24, 2.45) is 5.92 Å². The minimum Gasteiger partial charge on any atom is -0.353 e. The Morgan fingerprint density at radius 1 is 0.929 bits per heavy atom. The number of hydrogen-bond acceptors (Lipinski definition) is 3. The average molecular weight is 384 g/mol. The number of amides is 2. The van der Waals surface area contributed by atoms with Gasteiger partial charge in [-0.15, -0.1) is 0 Å². The smallest absolute Gasteiger partial charge is 0.228 e. The molecule has 5 nitrogen and oxygen atoms in total. The zero-order valence-corrected chi connectivity index (χ0v) is 16.8. The molecule has 1 saturated heterocycles. The maximum atomic E-state index is 12.8. The summed E-state index contributed by atoms with van der Waals surface area (Å²) < 4.78 is 0. The van der Waals surface area contributed by atoms with Crippen molar-refractivity contribution in [3.05, 3.63) is 29.8 Å². The second-order valence-corrected chi connectivity index (χ2v) is 8.83. The van der Waals surface area contributed by atoms with E-state index in [0.29, 0.717) is 18.5 Å².